The number of nitrogens with zero attached hydrogens (tertiary/aromatic N) is 1. The zero-order valence-electron chi connectivity index (χ0n) is 13.4. The lowest BCUT2D eigenvalue weighted by molar-refractivity contribution is -0.141. The third-order valence-corrected chi connectivity index (χ3v) is 4.78. The van der Waals surface area contributed by atoms with Crippen LogP contribution in [0.15, 0.2) is 30.3 Å². The van der Waals surface area contributed by atoms with Crippen molar-refractivity contribution in [1.82, 2.24) is 10.2 Å². The fraction of sp³-hybridized carbons (Fsp3) is 0.444. The van der Waals surface area contributed by atoms with Crippen LogP contribution in [-0.4, -0.2) is 41.1 Å². The Hall–Kier alpha value is -2.37. The highest BCUT2D eigenvalue weighted by molar-refractivity contribution is 5.78. The Bertz CT molecular complexity index is 657. The van der Waals surface area contributed by atoms with Crippen LogP contribution < -0.4 is 5.32 Å². The molecule has 2 atom stereocenters. The van der Waals surface area contributed by atoms with Gasteiger partial charge in [-0.25, -0.2) is 9.18 Å². The smallest absolute Gasteiger partial charge is 0.317 e. The predicted molar refractivity (Wildman–Crippen MR) is 87.9 cm³/mol. The van der Waals surface area contributed by atoms with Gasteiger partial charge in [0, 0.05) is 19.1 Å². The predicted octanol–water partition coefficient (Wildman–Crippen LogP) is 2.88. The van der Waals surface area contributed by atoms with Crippen LogP contribution in [0.25, 0.3) is 5.57 Å². The van der Waals surface area contributed by atoms with Crippen molar-refractivity contribution in [2.24, 2.45) is 5.92 Å². The van der Waals surface area contributed by atoms with Crippen molar-refractivity contribution in [2.45, 2.75) is 31.7 Å². The zero-order chi connectivity index (χ0) is 17.1. The van der Waals surface area contributed by atoms with Gasteiger partial charge in [-0.05, 0) is 49.0 Å². The fourth-order valence-electron chi connectivity index (χ4n) is 3.30. The molecule has 0 aromatic heterocycles. The molecule has 0 radical (unpaired) electrons. The number of rotatable bonds is 3. The van der Waals surface area contributed by atoms with E-state index in [2.05, 4.69) is 11.4 Å². The summed E-state index contributed by atoms with van der Waals surface area (Å²) in [4.78, 5) is 24.8. The van der Waals surface area contributed by atoms with Gasteiger partial charge in [0.25, 0.3) is 0 Å². The summed E-state index contributed by atoms with van der Waals surface area (Å²) < 4.78 is 13.0. The van der Waals surface area contributed by atoms with Gasteiger partial charge in [0.05, 0.1) is 5.92 Å². The summed E-state index contributed by atoms with van der Waals surface area (Å²) in [6, 6.07) is 6.34. The summed E-state index contributed by atoms with van der Waals surface area (Å²) in [5, 5.41) is 12.0. The molecule has 1 aromatic rings. The van der Waals surface area contributed by atoms with Crippen molar-refractivity contribution in [3.63, 3.8) is 0 Å². The van der Waals surface area contributed by atoms with Gasteiger partial charge in [-0.3, -0.25) is 4.79 Å². The van der Waals surface area contributed by atoms with Gasteiger partial charge in [0.2, 0.25) is 0 Å². The number of amides is 2. The highest BCUT2D eigenvalue weighted by atomic mass is 19.1. The lowest BCUT2D eigenvalue weighted by Crippen LogP contribution is -2.44. The molecule has 1 aromatic carbocycles. The van der Waals surface area contributed by atoms with Crippen LogP contribution in [0.1, 0.15) is 31.2 Å². The molecule has 1 saturated heterocycles. The quantitative estimate of drug-likeness (QED) is 0.894. The number of likely N-dealkylation sites (tertiary alicyclic amines) is 1. The average molecular weight is 332 g/mol. The number of aliphatic carboxylic acids is 1. The zero-order valence-corrected chi connectivity index (χ0v) is 13.4. The Morgan fingerprint density at radius 2 is 1.96 bits per heavy atom. The van der Waals surface area contributed by atoms with Crippen LogP contribution in [0.3, 0.4) is 0 Å². The van der Waals surface area contributed by atoms with E-state index in [9.17, 15) is 14.0 Å². The maximum absolute atomic E-state index is 13.0. The molecular formula is C18H21FN2O3. The number of halogens is 1. The third-order valence-electron chi connectivity index (χ3n) is 4.78. The van der Waals surface area contributed by atoms with Crippen LogP contribution in [-0.2, 0) is 4.79 Å². The molecule has 128 valence electrons. The number of hydrogen-bond acceptors (Lipinski definition) is 2. The van der Waals surface area contributed by atoms with Gasteiger partial charge in [-0.2, -0.15) is 0 Å². The van der Waals surface area contributed by atoms with E-state index in [1.54, 1.807) is 17.0 Å². The summed E-state index contributed by atoms with van der Waals surface area (Å²) in [7, 11) is 0. The fourth-order valence-corrected chi connectivity index (χ4v) is 3.30. The Kier molecular flexibility index (Phi) is 4.83. The van der Waals surface area contributed by atoms with E-state index in [4.69, 9.17) is 5.11 Å². The van der Waals surface area contributed by atoms with Crippen molar-refractivity contribution in [1.29, 1.82) is 0 Å². The second-order valence-corrected chi connectivity index (χ2v) is 6.43. The van der Waals surface area contributed by atoms with Gasteiger partial charge in [0.1, 0.15) is 5.82 Å². The topological polar surface area (TPSA) is 69.6 Å². The molecule has 24 heavy (non-hydrogen) atoms. The minimum atomic E-state index is -0.838. The molecule has 2 amide bonds. The minimum absolute atomic E-state index is 0.0607. The Balaban J connectivity index is 1.52. The highest BCUT2D eigenvalue weighted by Gasteiger charge is 2.31. The van der Waals surface area contributed by atoms with E-state index in [0.717, 1.165) is 24.8 Å². The molecule has 2 N–H and O–H groups in total. The van der Waals surface area contributed by atoms with E-state index >= 15 is 0 Å². The van der Waals surface area contributed by atoms with Crippen LogP contribution >= 0.6 is 0 Å². The van der Waals surface area contributed by atoms with Crippen molar-refractivity contribution < 1.29 is 19.1 Å². The molecule has 2 unspecified atom stereocenters. The van der Waals surface area contributed by atoms with Gasteiger partial charge in [-0.1, -0.05) is 18.2 Å². The lowest BCUT2D eigenvalue weighted by Gasteiger charge is -2.26. The van der Waals surface area contributed by atoms with Crippen molar-refractivity contribution in [3.8, 4) is 0 Å². The number of carbonyl (C=O) groups is 2. The second-order valence-electron chi connectivity index (χ2n) is 6.43. The summed E-state index contributed by atoms with van der Waals surface area (Å²) in [5.74, 6) is -1.53. The van der Waals surface area contributed by atoms with Crippen molar-refractivity contribution in [2.75, 3.05) is 13.1 Å². The molecule has 2 aliphatic rings. The van der Waals surface area contributed by atoms with Crippen LogP contribution in [0.2, 0.25) is 0 Å². The van der Waals surface area contributed by atoms with E-state index in [1.165, 1.54) is 17.7 Å². The average Bonchev–Trinajstić information content (AvgIpc) is 3.07. The maximum Gasteiger partial charge on any atom is 0.317 e. The standard InChI is InChI=1S/C18H21FN2O3/c19-15-5-1-12(2-6-15)13-3-7-16(8-4-13)20-18(24)21-10-9-14(11-21)17(22)23/h1-3,5-6,14,16H,4,7-11H2,(H,20,24)(H,22,23). The van der Waals surface area contributed by atoms with E-state index in [-0.39, 0.29) is 24.4 Å². The molecular weight excluding hydrogens is 311 g/mol. The maximum atomic E-state index is 13.0. The largest absolute Gasteiger partial charge is 0.481 e. The first-order valence-electron chi connectivity index (χ1n) is 8.26. The number of allylic oxidation sites excluding steroid dienone is 1. The monoisotopic (exact) mass is 332 g/mol. The summed E-state index contributed by atoms with van der Waals surface area (Å²) >= 11 is 0. The van der Waals surface area contributed by atoms with Gasteiger partial charge < -0.3 is 15.3 Å². The number of carboxylic acids is 1. The highest BCUT2D eigenvalue weighted by Crippen LogP contribution is 2.27. The van der Waals surface area contributed by atoms with Gasteiger partial charge >= 0.3 is 12.0 Å². The molecule has 0 spiro atoms. The van der Waals surface area contributed by atoms with E-state index < -0.39 is 11.9 Å². The first-order valence-corrected chi connectivity index (χ1v) is 8.26. The van der Waals surface area contributed by atoms with Gasteiger partial charge in [-0.15, -0.1) is 0 Å². The summed E-state index contributed by atoms with van der Waals surface area (Å²) in [6.45, 7) is 0.775. The molecule has 5 nitrogen and oxygen atoms in total. The van der Waals surface area contributed by atoms with Crippen LogP contribution in [0.4, 0.5) is 9.18 Å². The van der Waals surface area contributed by atoms with Crippen LogP contribution in [0.5, 0.6) is 0 Å². The Morgan fingerprint density at radius 1 is 1.21 bits per heavy atom. The number of urea groups is 1. The summed E-state index contributed by atoms with van der Waals surface area (Å²) in [5.41, 5.74) is 2.19. The van der Waals surface area contributed by atoms with Gasteiger partial charge in [0.15, 0.2) is 0 Å². The molecule has 1 fully saturated rings. The number of benzene rings is 1. The lowest BCUT2D eigenvalue weighted by atomic mass is 9.91. The molecule has 0 bridgehead atoms. The normalized spacial score (nSPS) is 23.7. The molecule has 1 aliphatic carbocycles. The Labute approximate surface area is 140 Å². The molecule has 1 heterocycles. The Morgan fingerprint density at radius 3 is 2.54 bits per heavy atom. The first-order chi connectivity index (χ1) is 11.5. The number of hydrogen-bond donors (Lipinski definition) is 2. The first kappa shape index (κ1) is 16.5. The second kappa shape index (κ2) is 7.03. The number of carboxylic acid groups (broad SMARTS) is 1. The molecule has 3 rings (SSSR count). The molecule has 1 aliphatic heterocycles. The summed E-state index contributed by atoms with van der Waals surface area (Å²) in [6.07, 6.45) is 4.99. The third kappa shape index (κ3) is 3.75. The molecule has 6 heteroatoms. The van der Waals surface area contributed by atoms with E-state index in [1.807, 2.05) is 0 Å². The van der Waals surface area contributed by atoms with Crippen molar-refractivity contribution >= 4 is 17.6 Å². The SMILES string of the molecule is O=C(O)C1CCN(C(=O)NC2CC=C(c3ccc(F)cc3)CC2)C1. The molecule has 0 saturated carbocycles. The number of nitrogens with one attached hydrogen (secondary N) is 1. The van der Waals surface area contributed by atoms with Crippen LogP contribution in [0, 0.1) is 11.7 Å². The van der Waals surface area contributed by atoms with Crippen molar-refractivity contribution in [3.05, 3.63) is 41.7 Å². The van der Waals surface area contributed by atoms with E-state index in [0.29, 0.717) is 13.0 Å². The number of carbonyl (C=O) groups excluding carboxylic acids is 1. The minimum Gasteiger partial charge on any atom is -0.481 e.